The number of fused-ring (bicyclic) bond motifs is 1. The number of hydrogen-bond acceptors (Lipinski definition) is 4. The van der Waals surface area contributed by atoms with Crippen LogP contribution in [-0.2, 0) is 26.2 Å². The van der Waals surface area contributed by atoms with Gasteiger partial charge in [-0.05, 0) is 47.5 Å². The molecule has 0 fully saturated rings. The fraction of sp³-hybridized carbons (Fsp3) is 0.250. The van der Waals surface area contributed by atoms with Crippen molar-refractivity contribution >= 4 is 44.2 Å². The number of amides is 2. The van der Waals surface area contributed by atoms with E-state index in [1.165, 1.54) is 25.1 Å². The predicted octanol–water partition coefficient (Wildman–Crippen LogP) is 3.28. The quantitative estimate of drug-likeness (QED) is 0.528. The summed E-state index contributed by atoms with van der Waals surface area (Å²) in [7, 11) is -1.09. The Morgan fingerprint density at radius 1 is 1.00 bits per heavy atom. The molecule has 0 saturated heterocycles. The van der Waals surface area contributed by atoms with Crippen molar-refractivity contribution in [1.29, 1.82) is 0 Å². The van der Waals surface area contributed by atoms with Crippen molar-refractivity contribution in [3.05, 3.63) is 77.3 Å². The normalized spacial score (nSPS) is 12.5. The van der Waals surface area contributed by atoms with Crippen LogP contribution >= 0.6 is 11.6 Å². The van der Waals surface area contributed by atoms with Gasteiger partial charge >= 0.3 is 0 Å². The fourth-order valence-electron chi connectivity index (χ4n) is 3.50. The average Bonchev–Trinajstić information content (AvgIpc) is 2.81. The van der Waals surface area contributed by atoms with Crippen LogP contribution in [0, 0.1) is 0 Å². The maximum Gasteiger partial charge on any atom is 0.243 e. The Morgan fingerprint density at radius 3 is 2.36 bits per heavy atom. The Balaban J connectivity index is 1.85. The maximum absolute atomic E-state index is 13.2. The Kier molecular flexibility index (Phi) is 7.73. The molecular formula is C24H26ClN3O4S. The van der Waals surface area contributed by atoms with Gasteiger partial charge in [-0.1, -0.05) is 54.1 Å². The number of nitrogens with zero attached hydrogens (tertiary/aromatic N) is 2. The lowest BCUT2D eigenvalue weighted by molar-refractivity contribution is -0.140. The number of halogens is 1. The number of hydrogen-bond donors (Lipinski definition) is 1. The van der Waals surface area contributed by atoms with Crippen molar-refractivity contribution in [3.8, 4) is 0 Å². The molecule has 0 aliphatic carbocycles. The first kappa shape index (κ1) is 24.7. The van der Waals surface area contributed by atoms with Gasteiger partial charge in [-0.2, -0.15) is 4.31 Å². The minimum atomic E-state index is -3.93. The van der Waals surface area contributed by atoms with Gasteiger partial charge < -0.3 is 10.2 Å². The summed E-state index contributed by atoms with van der Waals surface area (Å²) in [6.07, 6.45) is 0. The molecule has 9 heteroatoms. The molecule has 3 rings (SSSR count). The second kappa shape index (κ2) is 10.3. The summed E-state index contributed by atoms with van der Waals surface area (Å²) in [5, 5.41) is 4.74. The highest BCUT2D eigenvalue weighted by Gasteiger charge is 2.30. The van der Waals surface area contributed by atoms with E-state index in [4.69, 9.17) is 11.6 Å². The molecule has 0 spiro atoms. The van der Waals surface area contributed by atoms with Crippen LogP contribution in [-0.4, -0.2) is 56.1 Å². The average molecular weight is 488 g/mol. The Bertz CT molecular complexity index is 1280. The van der Waals surface area contributed by atoms with Crippen molar-refractivity contribution in [2.75, 3.05) is 20.6 Å². The van der Waals surface area contributed by atoms with Crippen LogP contribution in [0.3, 0.4) is 0 Å². The van der Waals surface area contributed by atoms with E-state index >= 15 is 0 Å². The van der Waals surface area contributed by atoms with Crippen molar-refractivity contribution in [1.82, 2.24) is 14.5 Å². The van der Waals surface area contributed by atoms with E-state index in [1.807, 2.05) is 24.3 Å². The largest absolute Gasteiger partial charge is 0.357 e. The standard InChI is InChI=1S/C24H26ClN3O4S/c1-17(24(30)26-2)28(15-18-7-6-10-21(25)13-18)23(29)16-27(3)33(31,32)22-12-11-19-8-4-5-9-20(19)14-22/h4-14,17H,15-16H2,1-3H3,(H,26,30). The number of sulfonamides is 1. The first-order valence-corrected chi connectivity index (χ1v) is 12.2. The van der Waals surface area contributed by atoms with Crippen molar-refractivity contribution < 1.29 is 18.0 Å². The topological polar surface area (TPSA) is 86.8 Å². The lowest BCUT2D eigenvalue weighted by atomic mass is 10.1. The van der Waals surface area contributed by atoms with Gasteiger partial charge in [0, 0.05) is 25.7 Å². The SMILES string of the molecule is CNC(=O)C(C)N(Cc1cccc(Cl)c1)C(=O)CN(C)S(=O)(=O)c1ccc2ccccc2c1. The fourth-order valence-corrected chi connectivity index (χ4v) is 4.87. The van der Waals surface area contributed by atoms with E-state index in [2.05, 4.69) is 5.32 Å². The highest BCUT2D eigenvalue weighted by Crippen LogP contribution is 2.22. The Morgan fingerprint density at radius 2 is 1.70 bits per heavy atom. The third kappa shape index (κ3) is 5.71. The van der Waals surface area contributed by atoms with Gasteiger partial charge in [0.2, 0.25) is 21.8 Å². The van der Waals surface area contributed by atoms with Crippen molar-refractivity contribution in [3.63, 3.8) is 0 Å². The van der Waals surface area contributed by atoms with Gasteiger partial charge in [-0.25, -0.2) is 8.42 Å². The minimum absolute atomic E-state index is 0.0947. The molecule has 0 heterocycles. The van der Waals surface area contributed by atoms with Crippen LogP contribution in [0.2, 0.25) is 5.02 Å². The van der Waals surface area contributed by atoms with E-state index < -0.39 is 28.5 Å². The second-order valence-corrected chi connectivity index (χ2v) is 10.2. The van der Waals surface area contributed by atoms with Crippen LogP contribution in [0.1, 0.15) is 12.5 Å². The summed E-state index contributed by atoms with van der Waals surface area (Å²) < 4.78 is 27.3. The van der Waals surface area contributed by atoms with Crippen LogP contribution in [0.15, 0.2) is 71.6 Å². The number of likely N-dealkylation sites (N-methyl/N-ethyl adjacent to an activating group) is 2. The van der Waals surface area contributed by atoms with Gasteiger partial charge in [0.15, 0.2) is 0 Å². The molecular weight excluding hydrogens is 462 g/mol. The molecule has 33 heavy (non-hydrogen) atoms. The number of nitrogens with one attached hydrogen (secondary N) is 1. The molecule has 0 bridgehead atoms. The lowest BCUT2D eigenvalue weighted by Gasteiger charge is -2.30. The highest BCUT2D eigenvalue weighted by molar-refractivity contribution is 7.89. The van der Waals surface area contributed by atoms with E-state index in [0.29, 0.717) is 5.02 Å². The summed E-state index contributed by atoms with van der Waals surface area (Å²) >= 11 is 6.06. The van der Waals surface area contributed by atoms with E-state index in [-0.39, 0.29) is 17.3 Å². The van der Waals surface area contributed by atoms with Crippen LogP contribution in [0.5, 0.6) is 0 Å². The lowest BCUT2D eigenvalue weighted by Crippen LogP contribution is -2.50. The monoisotopic (exact) mass is 487 g/mol. The summed E-state index contributed by atoms with van der Waals surface area (Å²) in [6, 6.07) is 18.4. The van der Waals surface area contributed by atoms with E-state index in [0.717, 1.165) is 20.6 Å². The molecule has 0 saturated carbocycles. The van der Waals surface area contributed by atoms with Gasteiger partial charge in [-0.3, -0.25) is 9.59 Å². The second-order valence-electron chi connectivity index (χ2n) is 7.71. The Labute approximate surface area is 199 Å². The number of rotatable bonds is 8. The number of benzene rings is 3. The third-order valence-electron chi connectivity index (χ3n) is 5.44. The summed E-state index contributed by atoms with van der Waals surface area (Å²) in [6.45, 7) is 1.29. The van der Waals surface area contributed by atoms with Crippen LogP contribution in [0.25, 0.3) is 10.8 Å². The summed E-state index contributed by atoms with van der Waals surface area (Å²) in [5.41, 5.74) is 0.728. The molecule has 7 nitrogen and oxygen atoms in total. The molecule has 1 N–H and O–H groups in total. The number of carbonyl (C=O) groups excluding carboxylic acids is 2. The molecule has 0 aromatic heterocycles. The number of carbonyl (C=O) groups is 2. The third-order valence-corrected chi connectivity index (χ3v) is 7.48. The predicted molar refractivity (Wildman–Crippen MR) is 129 cm³/mol. The zero-order chi connectivity index (χ0) is 24.2. The van der Waals surface area contributed by atoms with Crippen LogP contribution in [0.4, 0.5) is 0 Å². The molecule has 0 aliphatic rings. The van der Waals surface area contributed by atoms with Gasteiger partial charge in [0.25, 0.3) is 0 Å². The van der Waals surface area contributed by atoms with Gasteiger partial charge in [-0.15, -0.1) is 0 Å². The highest BCUT2D eigenvalue weighted by atomic mass is 35.5. The van der Waals surface area contributed by atoms with Crippen molar-refractivity contribution in [2.24, 2.45) is 0 Å². The van der Waals surface area contributed by atoms with E-state index in [9.17, 15) is 18.0 Å². The maximum atomic E-state index is 13.2. The summed E-state index contributed by atoms with van der Waals surface area (Å²) in [5.74, 6) is -0.858. The van der Waals surface area contributed by atoms with Crippen LogP contribution < -0.4 is 5.32 Å². The molecule has 1 atom stereocenters. The molecule has 0 radical (unpaired) electrons. The smallest absolute Gasteiger partial charge is 0.243 e. The zero-order valence-electron chi connectivity index (χ0n) is 18.7. The zero-order valence-corrected chi connectivity index (χ0v) is 20.2. The summed E-state index contributed by atoms with van der Waals surface area (Å²) in [4.78, 5) is 26.9. The first-order chi connectivity index (χ1) is 15.6. The van der Waals surface area contributed by atoms with Gasteiger partial charge in [0.05, 0.1) is 11.4 Å². The first-order valence-electron chi connectivity index (χ1n) is 10.3. The Hall–Kier alpha value is -2.94. The van der Waals surface area contributed by atoms with Crippen molar-refractivity contribution in [2.45, 2.75) is 24.4 Å². The van der Waals surface area contributed by atoms with E-state index in [1.54, 1.807) is 43.3 Å². The van der Waals surface area contributed by atoms with Gasteiger partial charge in [0.1, 0.15) is 6.04 Å². The molecule has 0 aliphatic heterocycles. The molecule has 174 valence electrons. The minimum Gasteiger partial charge on any atom is -0.357 e. The molecule has 2 amide bonds. The molecule has 3 aromatic carbocycles. The molecule has 1 unspecified atom stereocenters. The molecule has 3 aromatic rings.